The average molecular weight is 618 g/mol. The summed E-state index contributed by atoms with van der Waals surface area (Å²) in [7, 11) is 5.87. The molecule has 0 spiro atoms. The molecule has 1 fully saturated rings. The summed E-state index contributed by atoms with van der Waals surface area (Å²) in [6.07, 6.45) is 3.00. The predicted molar refractivity (Wildman–Crippen MR) is 160 cm³/mol. The largest absolute Gasteiger partial charge is 0.493 e. The van der Waals surface area contributed by atoms with Gasteiger partial charge in [-0.1, -0.05) is 12.1 Å². The smallest absolute Gasteiger partial charge is 0.328 e. The molecule has 1 aliphatic rings. The number of rotatable bonds is 16. The van der Waals surface area contributed by atoms with E-state index in [0.717, 1.165) is 11.1 Å². The highest BCUT2D eigenvalue weighted by atomic mass is 32.2. The van der Waals surface area contributed by atoms with E-state index in [1.54, 1.807) is 44.2 Å². The molecule has 1 aliphatic heterocycles. The third-order valence-electron chi connectivity index (χ3n) is 7.15. The van der Waals surface area contributed by atoms with Crippen molar-refractivity contribution in [2.75, 3.05) is 47.1 Å². The van der Waals surface area contributed by atoms with Crippen LogP contribution in [0.4, 0.5) is 0 Å². The van der Waals surface area contributed by atoms with Crippen molar-refractivity contribution in [1.29, 1.82) is 0 Å². The molecule has 0 unspecified atom stereocenters. The zero-order valence-corrected chi connectivity index (χ0v) is 26.0. The Morgan fingerprint density at radius 3 is 2.16 bits per heavy atom. The molecule has 1 amide bonds. The van der Waals surface area contributed by atoms with Crippen LogP contribution < -0.4 is 24.3 Å². The molecule has 3 rings (SSSR count). The van der Waals surface area contributed by atoms with Crippen LogP contribution in [-0.2, 0) is 41.5 Å². The molecule has 0 aromatic heterocycles. The van der Waals surface area contributed by atoms with E-state index >= 15 is 0 Å². The van der Waals surface area contributed by atoms with E-state index in [2.05, 4.69) is 5.32 Å². The summed E-state index contributed by atoms with van der Waals surface area (Å²) in [5.74, 6) is 0.138. The zero-order valence-electron chi connectivity index (χ0n) is 25.1. The van der Waals surface area contributed by atoms with Crippen molar-refractivity contribution in [3.63, 3.8) is 0 Å². The Balaban J connectivity index is 1.59. The van der Waals surface area contributed by atoms with E-state index in [4.69, 9.17) is 28.4 Å². The highest BCUT2D eigenvalue weighted by molar-refractivity contribution is 7.98. The molecule has 1 N–H and O–H groups in total. The van der Waals surface area contributed by atoms with Crippen molar-refractivity contribution in [2.24, 2.45) is 11.8 Å². The van der Waals surface area contributed by atoms with Gasteiger partial charge in [-0.15, -0.1) is 0 Å². The molecule has 2 aromatic rings. The summed E-state index contributed by atoms with van der Waals surface area (Å²) in [4.78, 5) is 49.4. The van der Waals surface area contributed by atoms with Crippen LogP contribution >= 0.6 is 11.8 Å². The van der Waals surface area contributed by atoms with Crippen LogP contribution in [0, 0.1) is 11.8 Å². The number of cyclic esters (lactones) is 1. The first-order valence-corrected chi connectivity index (χ1v) is 15.2. The number of ether oxygens (including phenoxy) is 6. The van der Waals surface area contributed by atoms with Crippen LogP contribution in [-0.4, -0.2) is 76.9 Å². The maximum absolute atomic E-state index is 12.6. The fourth-order valence-electron chi connectivity index (χ4n) is 4.83. The summed E-state index contributed by atoms with van der Waals surface area (Å²) in [6.45, 7) is 0.316. The normalized spacial score (nSPS) is 16.5. The minimum atomic E-state index is -0.774. The van der Waals surface area contributed by atoms with Gasteiger partial charge in [0.1, 0.15) is 6.04 Å². The minimum Gasteiger partial charge on any atom is -0.493 e. The lowest BCUT2D eigenvalue weighted by Crippen LogP contribution is -2.42. The number of methoxy groups -OCH3 is 4. The van der Waals surface area contributed by atoms with Gasteiger partial charge >= 0.3 is 17.9 Å². The predicted octanol–water partition coefficient (Wildman–Crippen LogP) is 3.38. The Bertz CT molecular complexity index is 1280. The molecule has 1 saturated heterocycles. The molecule has 43 heavy (non-hydrogen) atoms. The lowest BCUT2D eigenvalue weighted by atomic mass is 9.85. The first kappa shape index (κ1) is 33.6. The number of hydrogen-bond acceptors (Lipinski definition) is 11. The van der Waals surface area contributed by atoms with Gasteiger partial charge < -0.3 is 33.7 Å². The number of carbonyl (C=O) groups is 4. The molecular weight excluding hydrogens is 578 g/mol. The van der Waals surface area contributed by atoms with Gasteiger partial charge in [-0.2, -0.15) is 11.8 Å². The first-order valence-electron chi connectivity index (χ1n) is 13.8. The fraction of sp³-hybridized carbons (Fsp3) is 0.484. The van der Waals surface area contributed by atoms with Crippen molar-refractivity contribution in [3.8, 4) is 23.0 Å². The zero-order chi connectivity index (χ0) is 31.4. The molecule has 11 nitrogen and oxygen atoms in total. The number of amides is 1. The second-order valence-corrected chi connectivity index (χ2v) is 11.0. The number of nitrogens with one attached hydrogen (secondary N) is 1. The molecule has 0 radical (unpaired) electrons. The number of thioether (sulfide) groups is 1. The van der Waals surface area contributed by atoms with Crippen molar-refractivity contribution in [1.82, 2.24) is 5.32 Å². The quantitative estimate of drug-likeness (QED) is 0.219. The molecule has 12 heteroatoms. The fourth-order valence-corrected chi connectivity index (χ4v) is 5.30. The van der Waals surface area contributed by atoms with Crippen LogP contribution in [0.2, 0.25) is 0 Å². The Labute approximate surface area is 255 Å². The molecule has 0 aliphatic carbocycles. The van der Waals surface area contributed by atoms with E-state index in [0.29, 0.717) is 48.9 Å². The van der Waals surface area contributed by atoms with Gasteiger partial charge in [0.2, 0.25) is 5.91 Å². The summed E-state index contributed by atoms with van der Waals surface area (Å²) in [5.41, 5.74) is 1.82. The monoisotopic (exact) mass is 617 g/mol. The van der Waals surface area contributed by atoms with Gasteiger partial charge in [-0.3, -0.25) is 14.4 Å². The Morgan fingerprint density at radius 2 is 1.53 bits per heavy atom. The highest BCUT2D eigenvalue weighted by Gasteiger charge is 2.37. The number of hydrogen-bond donors (Lipinski definition) is 1. The summed E-state index contributed by atoms with van der Waals surface area (Å²) in [6, 6.07) is 10.0. The average Bonchev–Trinajstić information content (AvgIpc) is 3.35. The second kappa shape index (κ2) is 16.6. The van der Waals surface area contributed by atoms with Gasteiger partial charge in [0, 0.05) is 12.3 Å². The Hall–Kier alpha value is -3.93. The maximum atomic E-state index is 12.6. The minimum absolute atomic E-state index is 0.0419. The number of esters is 3. The molecular formula is C31H39NO10S. The van der Waals surface area contributed by atoms with Crippen LogP contribution in [0.3, 0.4) is 0 Å². The third kappa shape index (κ3) is 9.54. The first-order chi connectivity index (χ1) is 20.7. The summed E-state index contributed by atoms with van der Waals surface area (Å²) in [5, 5.41) is 2.61. The van der Waals surface area contributed by atoms with Crippen LogP contribution in [0.15, 0.2) is 36.4 Å². The van der Waals surface area contributed by atoms with Gasteiger partial charge in [0.25, 0.3) is 0 Å². The van der Waals surface area contributed by atoms with E-state index < -0.39 is 23.9 Å². The Morgan fingerprint density at radius 1 is 0.907 bits per heavy atom. The lowest BCUT2D eigenvalue weighted by Gasteiger charge is -2.17. The molecule has 1 heterocycles. The second-order valence-electron chi connectivity index (χ2n) is 9.98. The standard InChI is InChI=1S/C31H39NO10S/c1-37-24-8-6-19(16-26(24)38-2)14-21-18-41-30(35)22(21)15-20-7-9-25(27(17-20)39-3)42-29(34)11-10-28(33)32-23(12-13-43-5)31(36)40-4/h6-9,16-17,21-23H,10-15,18H2,1-5H3,(H,32,33)/t21-,22+,23-/m0/s1. The van der Waals surface area contributed by atoms with Crippen LogP contribution in [0.25, 0.3) is 0 Å². The molecule has 0 bridgehead atoms. The molecule has 2 aromatic carbocycles. The van der Waals surface area contributed by atoms with Crippen molar-refractivity contribution in [2.45, 2.75) is 38.1 Å². The van der Waals surface area contributed by atoms with Gasteiger partial charge in [0.05, 0.1) is 47.4 Å². The van der Waals surface area contributed by atoms with Crippen molar-refractivity contribution < 1.29 is 47.6 Å². The summed E-state index contributed by atoms with van der Waals surface area (Å²) < 4.78 is 31.8. The summed E-state index contributed by atoms with van der Waals surface area (Å²) >= 11 is 1.54. The van der Waals surface area contributed by atoms with Crippen molar-refractivity contribution >= 4 is 35.6 Å². The maximum Gasteiger partial charge on any atom is 0.328 e. The van der Waals surface area contributed by atoms with E-state index in [1.807, 2.05) is 24.5 Å². The highest BCUT2D eigenvalue weighted by Crippen LogP contribution is 2.35. The van der Waals surface area contributed by atoms with Crippen LogP contribution in [0.1, 0.15) is 30.4 Å². The van der Waals surface area contributed by atoms with E-state index in [-0.39, 0.29) is 36.4 Å². The molecule has 0 saturated carbocycles. The van der Waals surface area contributed by atoms with Gasteiger partial charge in [0.15, 0.2) is 23.0 Å². The number of carbonyl (C=O) groups excluding carboxylic acids is 4. The van der Waals surface area contributed by atoms with Gasteiger partial charge in [-0.25, -0.2) is 4.79 Å². The van der Waals surface area contributed by atoms with Crippen LogP contribution in [0.5, 0.6) is 23.0 Å². The third-order valence-corrected chi connectivity index (χ3v) is 7.80. The lowest BCUT2D eigenvalue weighted by molar-refractivity contribution is -0.145. The Kier molecular flexibility index (Phi) is 13.0. The topological polar surface area (TPSA) is 136 Å². The SMILES string of the molecule is COC(=O)[C@H](CCSC)NC(=O)CCC(=O)Oc1ccc(C[C@H]2C(=O)OC[C@@H]2Cc2ccc(OC)c(OC)c2)cc1OC. The van der Waals surface area contributed by atoms with E-state index in [9.17, 15) is 19.2 Å². The van der Waals surface area contributed by atoms with Gasteiger partial charge in [-0.05, 0) is 66.7 Å². The molecule has 234 valence electrons. The number of benzene rings is 2. The van der Waals surface area contributed by atoms with E-state index in [1.165, 1.54) is 14.2 Å². The molecule has 3 atom stereocenters. The van der Waals surface area contributed by atoms with Crippen molar-refractivity contribution in [3.05, 3.63) is 47.5 Å².